The standard InChI is InChI=1S/C58H72FN9O7/c59-48-18-15-39(33-49-45-13-4-5-14-46(45)53(71)63-62-49)32-47(48)54(72)65-28-30-67(31-29-65)56(74)57-19-21-58(22-20-57,75-38-57)37-64-24-26-66(27-25-64)55(73)51(40-8-2-1-3-9-40)61-52(70)42-11-6-10-41(34-42)43-12-7-23-68(36-43)50(69)35-60-44-16-17-44/h4-6,10-11,13-15,18,32,34,40,43-44,51,60H,1-3,7-9,12,16-17,19-31,33,35-38H2,(H,61,70)(H,63,71)/t43-,51+,57?,58?/m0/s1. The molecule has 2 bridgehead atoms. The lowest BCUT2D eigenvalue weighted by atomic mass is 9.65. The number of rotatable bonds is 14. The zero-order valence-electron chi connectivity index (χ0n) is 43.2. The van der Waals surface area contributed by atoms with E-state index in [2.05, 4.69) is 31.8 Å². The predicted molar refractivity (Wildman–Crippen MR) is 281 cm³/mol. The van der Waals surface area contributed by atoms with Crippen LogP contribution in [0.25, 0.3) is 10.8 Å². The Bertz CT molecular complexity index is 2830. The van der Waals surface area contributed by atoms with Crippen LogP contribution < -0.4 is 16.2 Å². The summed E-state index contributed by atoms with van der Waals surface area (Å²) in [5, 5.41) is 14.6. The summed E-state index contributed by atoms with van der Waals surface area (Å²) in [5.74, 6) is -0.815. The number of nitrogens with zero attached hydrogens (tertiary/aromatic N) is 6. The molecule has 3 aliphatic carbocycles. The molecular formula is C58H72FN9O7. The van der Waals surface area contributed by atoms with Crippen molar-refractivity contribution in [3.8, 4) is 0 Å². The first-order chi connectivity index (χ1) is 36.4. The molecule has 1 aromatic heterocycles. The second-order valence-corrected chi connectivity index (χ2v) is 22.8. The molecule has 5 amide bonds. The molecule has 5 aliphatic heterocycles. The largest absolute Gasteiger partial charge is 0.373 e. The van der Waals surface area contributed by atoms with Crippen LogP contribution in [0.3, 0.4) is 0 Å². The highest BCUT2D eigenvalue weighted by atomic mass is 19.1. The number of carbonyl (C=O) groups excluding carboxylic acids is 5. The Kier molecular flexibility index (Phi) is 14.9. The Hall–Kier alpha value is -6.04. The van der Waals surface area contributed by atoms with Crippen molar-refractivity contribution in [1.82, 2.24) is 45.3 Å². The first kappa shape index (κ1) is 51.1. The van der Waals surface area contributed by atoms with Gasteiger partial charge in [-0.15, -0.1) is 0 Å². The van der Waals surface area contributed by atoms with Crippen LogP contribution in [0.15, 0.2) is 71.5 Å². The summed E-state index contributed by atoms with van der Waals surface area (Å²) in [5.41, 5.74) is 1.64. The summed E-state index contributed by atoms with van der Waals surface area (Å²) < 4.78 is 21.9. The van der Waals surface area contributed by atoms with E-state index < -0.39 is 23.2 Å². The Morgan fingerprint density at radius 3 is 2.21 bits per heavy atom. The Labute approximate surface area is 438 Å². The number of halogens is 1. The summed E-state index contributed by atoms with van der Waals surface area (Å²) in [6, 6.07) is 19.3. The average molecular weight is 1030 g/mol. The minimum absolute atomic E-state index is 0.00202. The SMILES string of the molecule is O=C(N[C@@H](C(=O)N1CCN(CC23CCC(C(=O)N4CCN(C(=O)c5cc(Cc6n[nH]c(=O)c7ccccc67)ccc5F)CC4)(CC2)CO3)CC1)C1CCCCC1)c1cccc([C@H]2CCCN(C(=O)CNC3CC3)C2)c1. The first-order valence-corrected chi connectivity index (χ1v) is 27.8. The summed E-state index contributed by atoms with van der Waals surface area (Å²) >= 11 is 0. The van der Waals surface area contributed by atoms with E-state index in [4.69, 9.17) is 4.74 Å². The van der Waals surface area contributed by atoms with E-state index in [1.54, 1.807) is 29.2 Å². The Balaban J connectivity index is 0.652. The lowest BCUT2D eigenvalue weighted by Gasteiger charge is -2.55. The minimum atomic E-state index is -0.613. The van der Waals surface area contributed by atoms with Crippen molar-refractivity contribution in [2.24, 2.45) is 11.3 Å². The summed E-state index contributed by atoms with van der Waals surface area (Å²) in [6.07, 6.45) is 12.5. The van der Waals surface area contributed by atoms with Crippen molar-refractivity contribution >= 4 is 40.3 Å². The van der Waals surface area contributed by atoms with Crippen LogP contribution in [0.1, 0.15) is 127 Å². The molecule has 5 saturated heterocycles. The van der Waals surface area contributed by atoms with Gasteiger partial charge in [-0.05, 0) is 112 Å². The average Bonchev–Trinajstić information content (AvgIpc) is 4.30. The van der Waals surface area contributed by atoms with Gasteiger partial charge in [0.2, 0.25) is 17.7 Å². The van der Waals surface area contributed by atoms with Crippen molar-refractivity contribution in [1.29, 1.82) is 0 Å². The van der Waals surface area contributed by atoms with Gasteiger partial charge in [-0.1, -0.05) is 55.7 Å². The van der Waals surface area contributed by atoms with Gasteiger partial charge in [0, 0.05) is 101 Å². The number of ether oxygens (including phenoxy) is 1. The van der Waals surface area contributed by atoms with E-state index in [-0.39, 0.29) is 52.2 Å². The number of H-pyrrole nitrogens is 1. The fourth-order valence-corrected chi connectivity index (χ4v) is 13.1. The number of likely N-dealkylation sites (tertiary alicyclic amines) is 1. The number of nitrogens with one attached hydrogen (secondary N) is 3. The highest BCUT2D eigenvalue weighted by molar-refractivity contribution is 5.98. The first-order valence-electron chi connectivity index (χ1n) is 27.8. The normalized spacial score (nSPS) is 25.1. The number of hydrogen-bond donors (Lipinski definition) is 3. The van der Waals surface area contributed by atoms with E-state index in [1.165, 1.54) is 6.07 Å². The smallest absolute Gasteiger partial charge is 0.272 e. The molecule has 0 radical (unpaired) electrons. The van der Waals surface area contributed by atoms with Crippen LogP contribution in [0.2, 0.25) is 0 Å². The number of piperidine rings is 1. The van der Waals surface area contributed by atoms with E-state index in [0.717, 1.165) is 102 Å². The Morgan fingerprint density at radius 2 is 1.48 bits per heavy atom. The van der Waals surface area contributed by atoms with Crippen molar-refractivity contribution in [2.75, 3.05) is 85.1 Å². The molecule has 2 atom stereocenters. The quantitative estimate of drug-likeness (QED) is 0.151. The third kappa shape index (κ3) is 11.1. The number of fused-ring (bicyclic) bond motifs is 4. The van der Waals surface area contributed by atoms with Gasteiger partial charge in [0.1, 0.15) is 11.9 Å². The Morgan fingerprint density at radius 1 is 0.747 bits per heavy atom. The van der Waals surface area contributed by atoms with E-state index in [9.17, 15) is 28.8 Å². The van der Waals surface area contributed by atoms with Crippen LogP contribution in [0.5, 0.6) is 0 Å². The molecule has 3 aromatic carbocycles. The number of aromatic amines is 1. The van der Waals surface area contributed by atoms with E-state index >= 15 is 4.39 Å². The summed E-state index contributed by atoms with van der Waals surface area (Å²) in [7, 11) is 0. The molecule has 3 N–H and O–H groups in total. The molecule has 16 nitrogen and oxygen atoms in total. The second-order valence-electron chi connectivity index (χ2n) is 22.8. The highest BCUT2D eigenvalue weighted by Crippen LogP contribution is 2.50. The fraction of sp³-hybridized carbons (Fsp3) is 0.569. The minimum Gasteiger partial charge on any atom is -0.373 e. The molecule has 8 fully saturated rings. The highest BCUT2D eigenvalue weighted by Gasteiger charge is 2.55. The maximum atomic E-state index is 15.2. The van der Waals surface area contributed by atoms with Crippen molar-refractivity contribution in [2.45, 2.75) is 113 Å². The van der Waals surface area contributed by atoms with Gasteiger partial charge >= 0.3 is 0 Å². The van der Waals surface area contributed by atoms with Crippen LogP contribution >= 0.6 is 0 Å². The molecule has 0 spiro atoms. The monoisotopic (exact) mass is 1030 g/mol. The van der Waals surface area contributed by atoms with Crippen molar-refractivity contribution in [3.63, 3.8) is 0 Å². The van der Waals surface area contributed by atoms with Crippen LogP contribution in [-0.2, 0) is 25.5 Å². The number of hydrogen-bond acceptors (Lipinski definition) is 10. The molecule has 398 valence electrons. The van der Waals surface area contributed by atoms with Gasteiger partial charge in [0.25, 0.3) is 17.4 Å². The third-order valence-electron chi connectivity index (χ3n) is 17.9. The zero-order valence-corrected chi connectivity index (χ0v) is 43.2. The van der Waals surface area contributed by atoms with Gasteiger partial charge in [0.05, 0.1) is 40.8 Å². The van der Waals surface area contributed by atoms with Crippen LogP contribution in [0, 0.1) is 17.2 Å². The molecule has 4 aromatic rings. The maximum absolute atomic E-state index is 15.2. The number of piperazine rings is 2. The molecule has 6 heterocycles. The summed E-state index contributed by atoms with van der Waals surface area (Å²) in [6.45, 7) is 6.71. The number of aromatic nitrogens is 2. The van der Waals surface area contributed by atoms with Gasteiger partial charge in [-0.2, -0.15) is 5.10 Å². The van der Waals surface area contributed by atoms with Crippen molar-refractivity contribution < 1.29 is 33.1 Å². The van der Waals surface area contributed by atoms with Gasteiger partial charge < -0.3 is 35.0 Å². The molecule has 0 unspecified atom stereocenters. The summed E-state index contributed by atoms with van der Waals surface area (Å²) in [4.78, 5) is 91.8. The number of carbonyl (C=O) groups is 5. The molecule has 75 heavy (non-hydrogen) atoms. The number of amides is 5. The van der Waals surface area contributed by atoms with Gasteiger partial charge in [-0.25, -0.2) is 9.49 Å². The van der Waals surface area contributed by atoms with Crippen LogP contribution in [0.4, 0.5) is 4.39 Å². The molecule has 12 rings (SSSR count). The topological polar surface area (TPSA) is 181 Å². The number of benzene rings is 3. The molecule has 3 saturated carbocycles. The molecule has 8 aliphatic rings. The predicted octanol–water partition coefficient (Wildman–Crippen LogP) is 5.25. The van der Waals surface area contributed by atoms with E-state index in [1.807, 2.05) is 45.0 Å². The second kappa shape index (κ2) is 21.9. The lowest BCUT2D eigenvalue weighted by Crippen LogP contribution is -2.64. The lowest BCUT2D eigenvalue weighted by molar-refractivity contribution is -0.203. The van der Waals surface area contributed by atoms with Gasteiger partial charge in [-0.3, -0.25) is 33.7 Å². The molecule has 17 heteroatoms. The van der Waals surface area contributed by atoms with Gasteiger partial charge in [0.15, 0.2) is 0 Å². The maximum Gasteiger partial charge on any atom is 0.272 e. The fourth-order valence-electron chi connectivity index (χ4n) is 13.1. The third-order valence-corrected chi connectivity index (χ3v) is 17.9. The zero-order chi connectivity index (χ0) is 51.7. The van der Waals surface area contributed by atoms with Crippen LogP contribution in [-0.4, -0.2) is 167 Å². The van der Waals surface area contributed by atoms with E-state index in [0.29, 0.717) is 112 Å². The molecular weight excluding hydrogens is 954 g/mol. The van der Waals surface area contributed by atoms with Crippen molar-refractivity contribution in [3.05, 3.63) is 111 Å².